The minimum absolute atomic E-state index is 0.400. The third-order valence-electron chi connectivity index (χ3n) is 3.54. The first-order valence-corrected chi connectivity index (χ1v) is 7.03. The molecule has 1 fully saturated rings. The van der Waals surface area contributed by atoms with Gasteiger partial charge in [-0.1, -0.05) is 26.7 Å². The van der Waals surface area contributed by atoms with Crippen LogP contribution in [0.4, 0.5) is 5.95 Å². The SMILES string of the molecule is CC(C)c1nc(N2CCCCCC2)ncc1CN. The fraction of sp³-hybridized carbons (Fsp3) is 0.714. The van der Waals surface area contributed by atoms with Crippen molar-refractivity contribution in [3.8, 4) is 0 Å². The van der Waals surface area contributed by atoms with Gasteiger partial charge in [0.2, 0.25) is 5.95 Å². The van der Waals surface area contributed by atoms with Gasteiger partial charge in [0, 0.05) is 31.4 Å². The van der Waals surface area contributed by atoms with Crippen LogP contribution in [0.15, 0.2) is 6.20 Å². The lowest BCUT2D eigenvalue weighted by atomic mass is 10.1. The van der Waals surface area contributed by atoms with E-state index in [1.165, 1.54) is 25.7 Å². The molecule has 0 atom stereocenters. The molecule has 0 amide bonds. The van der Waals surface area contributed by atoms with Crippen molar-refractivity contribution in [2.24, 2.45) is 5.73 Å². The molecule has 0 spiro atoms. The zero-order valence-electron chi connectivity index (χ0n) is 11.5. The normalized spacial score (nSPS) is 17.0. The van der Waals surface area contributed by atoms with Gasteiger partial charge in [-0.2, -0.15) is 0 Å². The molecule has 1 aromatic rings. The number of nitrogens with zero attached hydrogens (tertiary/aromatic N) is 3. The average Bonchev–Trinajstić information content (AvgIpc) is 2.66. The monoisotopic (exact) mass is 248 g/mol. The quantitative estimate of drug-likeness (QED) is 0.892. The van der Waals surface area contributed by atoms with Gasteiger partial charge in [-0.15, -0.1) is 0 Å². The Morgan fingerprint density at radius 2 is 1.89 bits per heavy atom. The summed E-state index contributed by atoms with van der Waals surface area (Å²) < 4.78 is 0. The summed E-state index contributed by atoms with van der Waals surface area (Å²) in [5, 5.41) is 0. The molecule has 4 nitrogen and oxygen atoms in total. The van der Waals surface area contributed by atoms with E-state index in [0.717, 1.165) is 30.3 Å². The van der Waals surface area contributed by atoms with E-state index in [1.54, 1.807) is 0 Å². The summed E-state index contributed by atoms with van der Waals surface area (Å²) in [6.07, 6.45) is 7.06. The molecule has 0 bridgehead atoms. The Morgan fingerprint density at radius 3 is 2.44 bits per heavy atom. The van der Waals surface area contributed by atoms with Gasteiger partial charge in [0.15, 0.2) is 0 Å². The lowest BCUT2D eigenvalue weighted by Crippen LogP contribution is -2.26. The van der Waals surface area contributed by atoms with E-state index in [9.17, 15) is 0 Å². The van der Waals surface area contributed by atoms with E-state index in [1.807, 2.05) is 6.20 Å². The smallest absolute Gasteiger partial charge is 0.225 e. The summed E-state index contributed by atoms with van der Waals surface area (Å²) in [6.45, 7) is 7.01. The van der Waals surface area contributed by atoms with E-state index in [-0.39, 0.29) is 0 Å². The van der Waals surface area contributed by atoms with Gasteiger partial charge in [-0.25, -0.2) is 9.97 Å². The molecule has 2 N–H and O–H groups in total. The van der Waals surface area contributed by atoms with E-state index in [4.69, 9.17) is 10.7 Å². The Kier molecular flexibility index (Phi) is 4.53. The molecule has 18 heavy (non-hydrogen) atoms. The number of anilines is 1. The van der Waals surface area contributed by atoms with Crippen LogP contribution in [0.25, 0.3) is 0 Å². The molecule has 0 aliphatic carbocycles. The predicted molar refractivity (Wildman–Crippen MR) is 74.7 cm³/mol. The molecule has 2 rings (SSSR count). The minimum atomic E-state index is 0.400. The highest BCUT2D eigenvalue weighted by Crippen LogP contribution is 2.21. The second-order valence-electron chi connectivity index (χ2n) is 5.34. The Bertz CT molecular complexity index is 381. The first kappa shape index (κ1) is 13.3. The maximum absolute atomic E-state index is 5.75. The zero-order chi connectivity index (χ0) is 13.0. The van der Waals surface area contributed by atoms with Gasteiger partial charge in [-0.3, -0.25) is 0 Å². The number of aromatic nitrogens is 2. The summed E-state index contributed by atoms with van der Waals surface area (Å²) in [5.74, 6) is 1.29. The standard InChI is InChI=1S/C14H24N4/c1-11(2)13-12(9-15)10-16-14(17-13)18-7-5-3-4-6-8-18/h10-11H,3-9,15H2,1-2H3. The molecule has 100 valence electrons. The Balaban J connectivity index is 2.24. The highest BCUT2D eigenvalue weighted by Gasteiger charge is 2.15. The molecule has 0 unspecified atom stereocenters. The Hall–Kier alpha value is -1.16. The second-order valence-corrected chi connectivity index (χ2v) is 5.34. The van der Waals surface area contributed by atoms with E-state index < -0.39 is 0 Å². The van der Waals surface area contributed by atoms with Crippen molar-refractivity contribution in [1.82, 2.24) is 9.97 Å². The van der Waals surface area contributed by atoms with Crippen LogP contribution in [0, 0.1) is 0 Å². The van der Waals surface area contributed by atoms with Crippen LogP contribution in [0.3, 0.4) is 0 Å². The molecule has 0 saturated carbocycles. The van der Waals surface area contributed by atoms with Crippen LogP contribution in [-0.2, 0) is 6.54 Å². The van der Waals surface area contributed by atoms with Crippen LogP contribution in [-0.4, -0.2) is 23.1 Å². The van der Waals surface area contributed by atoms with Crippen molar-refractivity contribution in [1.29, 1.82) is 0 Å². The molecule has 1 aliphatic rings. The first-order valence-electron chi connectivity index (χ1n) is 7.03. The Labute approximate surface area is 110 Å². The van der Waals surface area contributed by atoms with Crippen molar-refractivity contribution in [2.45, 2.75) is 52.0 Å². The summed E-state index contributed by atoms with van der Waals surface area (Å²) >= 11 is 0. The van der Waals surface area contributed by atoms with Crippen molar-refractivity contribution in [3.63, 3.8) is 0 Å². The maximum Gasteiger partial charge on any atom is 0.225 e. The van der Waals surface area contributed by atoms with Crippen molar-refractivity contribution < 1.29 is 0 Å². The summed E-state index contributed by atoms with van der Waals surface area (Å²) in [7, 11) is 0. The number of hydrogen-bond donors (Lipinski definition) is 1. The molecule has 2 heterocycles. The molecule has 1 aromatic heterocycles. The third-order valence-corrected chi connectivity index (χ3v) is 3.54. The lowest BCUT2D eigenvalue weighted by molar-refractivity contribution is 0.726. The molecule has 0 aromatic carbocycles. The van der Waals surface area contributed by atoms with Crippen molar-refractivity contribution in [2.75, 3.05) is 18.0 Å². The van der Waals surface area contributed by atoms with E-state index >= 15 is 0 Å². The fourth-order valence-electron chi connectivity index (χ4n) is 2.49. The highest BCUT2D eigenvalue weighted by atomic mass is 15.2. The van der Waals surface area contributed by atoms with Gasteiger partial charge >= 0.3 is 0 Å². The zero-order valence-corrected chi connectivity index (χ0v) is 11.5. The van der Waals surface area contributed by atoms with Crippen molar-refractivity contribution >= 4 is 5.95 Å². The average molecular weight is 248 g/mol. The number of nitrogens with two attached hydrogens (primary N) is 1. The lowest BCUT2D eigenvalue weighted by Gasteiger charge is -2.22. The Morgan fingerprint density at radius 1 is 1.22 bits per heavy atom. The highest BCUT2D eigenvalue weighted by molar-refractivity contribution is 5.34. The summed E-state index contributed by atoms with van der Waals surface area (Å²) in [4.78, 5) is 11.6. The van der Waals surface area contributed by atoms with E-state index in [0.29, 0.717) is 12.5 Å². The minimum Gasteiger partial charge on any atom is -0.341 e. The van der Waals surface area contributed by atoms with Crippen LogP contribution >= 0.6 is 0 Å². The predicted octanol–water partition coefficient (Wildman–Crippen LogP) is 2.44. The van der Waals surface area contributed by atoms with Gasteiger partial charge in [0.05, 0.1) is 5.69 Å². The molecule has 4 heteroatoms. The first-order chi connectivity index (χ1) is 8.72. The number of rotatable bonds is 3. The topological polar surface area (TPSA) is 55.0 Å². The van der Waals surface area contributed by atoms with E-state index in [2.05, 4.69) is 23.7 Å². The van der Waals surface area contributed by atoms with Gasteiger partial charge in [0.25, 0.3) is 0 Å². The van der Waals surface area contributed by atoms with Crippen LogP contribution in [0.5, 0.6) is 0 Å². The molecule has 1 aliphatic heterocycles. The van der Waals surface area contributed by atoms with Gasteiger partial charge < -0.3 is 10.6 Å². The van der Waals surface area contributed by atoms with Crippen LogP contribution in [0.2, 0.25) is 0 Å². The number of hydrogen-bond acceptors (Lipinski definition) is 4. The van der Waals surface area contributed by atoms with Gasteiger partial charge in [0.1, 0.15) is 0 Å². The fourth-order valence-corrected chi connectivity index (χ4v) is 2.49. The largest absolute Gasteiger partial charge is 0.341 e. The summed E-state index contributed by atoms with van der Waals surface area (Å²) in [6, 6.07) is 0. The maximum atomic E-state index is 5.75. The second kappa shape index (κ2) is 6.14. The van der Waals surface area contributed by atoms with Crippen molar-refractivity contribution in [3.05, 3.63) is 17.5 Å². The molecular weight excluding hydrogens is 224 g/mol. The molecule has 1 saturated heterocycles. The third kappa shape index (κ3) is 2.99. The van der Waals surface area contributed by atoms with Crippen LogP contribution < -0.4 is 10.6 Å². The summed E-state index contributed by atoms with van der Waals surface area (Å²) in [5.41, 5.74) is 7.92. The molecular formula is C14H24N4. The molecule has 0 radical (unpaired) electrons. The van der Waals surface area contributed by atoms with Crippen LogP contribution in [0.1, 0.15) is 56.7 Å². The van der Waals surface area contributed by atoms with Gasteiger partial charge in [-0.05, 0) is 18.8 Å².